The quantitative estimate of drug-likeness (QED) is 0.298. The Balaban J connectivity index is 4.50. The minimum absolute atomic E-state index is 0.0321. The van der Waals surface area contributed by atoms with Gasteiger partial charge in [-0.1, -0.05) is 13.3 Å². The molecule has 0 bridgehead atoms. The van der Waals surface area contributed by atoms with E-state index >= 15 is 0 Å². The fraction of sp³-hybridized carbons (Fsp3) is 0.667. The van der Waals surface area contributed by atoms with Gasteiger partial charge in [0, 0.05) is 0 Å². The van der Waals surface area contributed by atoms with Crippen LogP contribution < -0.4 is 0 Å². The van der Waals surface area contributed by atoms with Crippen molar-refractivity contribution in [1.82, 2.24) is 0 Å². The second kappa shape index (κ2) is 7.44. The molecule has 0 rings (SSSR count). The minimum atomic E-state index is -4.30. The van der Waals surface area contributed by atoms with Gasteiger partial charge in [-0.25, -0.2) is 9.36 Å². The summed E-state index contributed by atoms with van der Waals surface area (Å²) in [5.74, 6) is -1.93. The summed E-state index contributed by atoms with van der Waals surface area (Å²) in [7, 11) is -4.30. The number of allylic oxidation sites excluding steroid dienone is 1. The highest BCUT2D eigenvalue weighted by molar-refractivity contribution is 7.47. The average molecular weight is 252 g/mol. The van der Waals surface area contributed by atoms with Crippen LogP contribution in [-0.2, 0) is 18.4 Å². The molecule has 0 aliphatic heterocycles. The highest BCUT2D eigenvalue weighted by atomic mass is 31.2. The Morgan fingerprint density at radius 1 is 1.44 bits per heavy atom. The molecule has 0 aromatic rings. The van der Waals surface area contributed by atoms with E-state index in [1.807, 2.05) is 6.92 Å². The van der Waals surface area contributed by atoms with Crippen molar-refractivity contribution in [1.29, 1.82) is 0 Å². The third kappa shape index (κ3) is 6.61. The molecule has 1 atom stereocenters. The van der Waals surface area contributed by atoms with Crippen LogP contribution in [0.1, 0.15) is 33.1 Å². The number of hydrogen-bond donors (Lipinski definition) is 2. The molecule has 94 valence electrons. The number of phosphoric ester groups is 1. The second-order valence-electron chi connectivity index (χ2n) is 2.99. The van der Waals surface area contributed by atoms with Crippen LogP contribution in [-0.4, -0.2) is 22.6 Å². The van der Waals surface area contributed by atoms with Crippen LogP contribution >= 0.6 is 7.82 Å². The Morgan fingerprint density at radius 2 is 2.06 bits per heavy atom. The highest BCUT2D eigenvalue weighted by Gasteiger charge is 2.26. The molecule has 0 aromatic heterocycles. The zero-order valence-corrected chi connectivity index (χ0v) is 10.3. The van der Waals surface area contributed by atoms with Crippen molar-refractivity contribution >= 4 is 13.8 Å². The van der Waals surface area contributed by atoms with E-state index in [0.717, 1.165) is 12.8 Å². The maximum atomic E-state index is 11.2. The molecular weight excluding hydrogens is 235 g/mol. The van der Waals surface area contributed by atoms with Crippen LogP contribution in [0.3, 0.4) is 0 Å². The van der Waals surface area contributed by atoms with E-state index in [1.54, 1.807) is 0 Å². The van der Waals surface area contributed by atoms with Gasteiger partial charge in [0.2, 0.25) is 5.76 Å². The first-order chi connectivity index (χ1) is 7.43. The molecule has 0 aliphatic carbocycles. The van der Waals surface area contributed by atoms with Gasteiger partial charge < -0.3 is 9.63 Å². The summed E-state index contributed by atoms with van der Waals surface area (Å²) < 4.78 is 20.0. The normalized spacial score (nSPS) is 15.6. The molecule has 16 heavy (non-hydrogen) atoms. The van der Waals surface area contributed by atoms with Crippen molar-refractivity contribution in [3.05, 3.63) is 11.8 Å². The maximum Gasteiger partial charge on any atom is 0.527 e. The van der Waals surface area contributed by atoms with Crippen LogP contribution in [0.15, 0.2) is 11.8 Å². The van der Waals surface area contributed by atoms with Gasteiger partial charge in [-0.2, -0.15) is 0 Å². The fourth-order valence-corrected chi connectivity index (χ4v) is 1.69. The van der Waals surface area contributed by atoms with Crippen molar-refractivity contribution in [2.45, 2.75) is 33.1 Å². The first kappa shape index (κ1) is 15.2. The maximum absolute atomic E-state index is 11.2. The third-order valence-electron chi connectivity index (χ3n) is 1.60. The molecule has 2 N–H and O–H groups in total. The van der Waals surface area contributed by atoms with Gasteiger partial charge in [0.15, 0.2) is 0 Å². The van der Waals surface area contributed by atoms with Crippen LogP contribution in [0.5, 0.6) is 0 Å². The summed E-state index contributed by atoms with van der Waals surface area (Å²) in [4.78, 5) is 19.8. The largest absolute Gasteiger partial charge is 0.527 e. The summed E-state index contributed by atoms with van der Waals surface area (Å²) in [6.45, 7) is 3.43. The monoisotopic (exact) mass is 252 g/mol. The number of carboxylic acids is 1. The summed E-state index contributed by atoms with van der Waals surface area (Å²) in [6, 6.07) is 0. The molecule has 0 aromatic carbocycles. The summed E-state index contributed by atoms with van der Waals surface area (Å²) >= 11 is 0. The number of rotatable bonds is 8. The predicted molar refractivity (Wildman–Crippen MR) is 57.8 cm³/mol. The van der Waals surface area contributed by atoms with E-state index in [9.17, 15) is 9.36 Å². The molecule has 0 fully saturated rings. The van der Waals surface area contributed by atoms with Crippen LogP contribution in [0.2, 0.25) is 0 Å². The topological polar surface area (TPSA) is 93.1 Å². The Morgan fingerprint density at radius 3 is 2.50 bits per heavy atom. The number of carbonyl (C=O) groups is 1. The van der Waals surface area contributed by atoms with E-state index < -0.39 is 19.6 Å². The Bertz CT molecular complexity index is 298. The zero-order chi connectivity index (χ0) is 12.6. The molecule has 0 amide bonds. The molecule has 0 saturated carbocycles. The number of carboxylic acid groups (broad SMARTS) is 1. The second-order valence-corrected chi connectivity index (χ2v) is 4.37. The molecule has 0 spiro atoms. The van der Waals surface area contributed by atoms with Gasteiger partial charge in [-0.05, 0) is 25.8 Å². The van der Waals surface area contributed by atoms with Crippen LogP contribution in [0.25, 0.3) is 0 Å². The summed E-state index contributed by atoms with van der Waals surface area (Å²) in [5.41, 5.74) is 0. The molecule has 0 aliphatic rings. The number of hydrogen-bond acceptors (Lipinski definition) is 4. The lowest BCUT2D eigenvalue weighted by atomic mass is 10.2. The van der Waals surface area contributed by atoms with Crippen molar-refractivity contribution in [3.63, 3.8) is 0 Å². The molecule has 0 radical (unpaired) electrons. The molecule has 1 unspecified atom stereocenters. The zero-order valence-electron chi connectivity index (χ0n) is 9.38. The van der Waals surface area contributed by atoms with E-state index in [2.05, 4.69) is 9.05 Å². The fourth-order valence-electron chi connectivity index (χ4n) is 0.915. The predicted octanol–water partition coefficient (Wildman–Crippen LogP) is 2.30. The highest BCUT2D eigenvalue weighted by Crippen LogP contribution is 2.45. The Labute approximate surface area is 94.5 Å². The lowest BCUT2D eigenvalue weighted by Crippen LogP contribution is -2.05. The van der Waals surface area contributed by atoms with E-state index in [-0.39, 0.29) is 6.61 Å². The number of aliphatic carboxylic acids is 1. The van der Waals surface area contributed by atoms with Crippen LogP contribution in [0.4, 0.5) is 0 Å². The number of phosphoric acid groups is 1. The lowest BCUT2D eigenvalue weighted by Gasteiger charge is -2.11. The van der Waals surface area contributed by atoms with E-state index in [0.29, 0.717) is 6.42 Å². The van der Waals surface area contributed by atoms with Gasteiger partial charge in [-0.3, -0.25) is 9.42 Å². The van der Waals surface area contributed by atoms with Gasteiger partial charge >= 0.3 is 13.8 Å². The SMILES string of the molecule is CCCCC=C(OP(=O)(O)OCC)C(=O)O. The van der Waals surface area contributed by atoms with E-state index in [4.69, 9.17) is 10.00 Å². The molecule has 0 heterocycles. The van der Waals surface area contributed by atoms with Crippen molar-refractivity contribution in [3.8, 4) is 0 Å². The third-order valence-corrected chi connectivity index (χ3v) is 2.62. The Kier molecular flexibility index (Phi) is 7.05. The first-order valence-corrected chi connectivity index (χ1v) is 6.52. The van der Waals surface area contributed by atoms with Crippen molar-refractivity contribution < 1.29 is 28.4 Å². The number of unbranched alkanes of at least 4 members (excludes halogenated alkanes) is 2. The average Bonchev–Trinajstić information content (AvgIpc) is 2.16. The van der Waals surface area contributed by atoms with Crippen molar-refractivity contribution in [2.24, 2.45) is 0 Å². The van der Waals surface area contributed by atoms with Crippen LogP contribution in [0, 0.1) is 0 Å². The summed E-state index contributed by atoms with van der Waals surface area (Å²) in [6.07, 6.45) is 3.42. The van der Waals surface area contributed by atoms with Gasteiger partial charge in [0.05, 0.1) is 6.61 Å². The lowest BCUT2D eigenvalue weighted by molar-refractivity contribution is -0.135. The molecular formula is C9H17O6P. The van der Waals surface area contributed by atoms with E-state index in [1.165, 1.54) is 13.0 Å². The molecule has 7 heteroatoms. The smallest absolute Gasteiger partial charge is 0.475 e. The van der Waals surface area contributed by atoms with Gasteiger partial charge in [0.25, 0.3) is 0 Å². The minimum Gasteiger partial charge on any atom is -0.475 e. The molecule has 6 nitrogen and oxygen atoms in total. The van der Waals surface area contributed by atoms with Gasteiger partial charge in [-0.15, -0.1) is 0 Å². The van der Waals surface area contributed by atoms with Gasteiger partial charge in [0.1, 0.15) is 0 Å². The first-order valence-electron chi connectivity index (χ1n) is 5.03. The van der Waals surface area contributed by atoms with Crippen molar-refractivity contribution in [2.75, 3.05) is 6.61 Å². The standard InChI is InChI=1S/C9H17O6P/c1-3-5-6-7-8(9(10)11)15-16(12,13)14-4-2/h7H,3-6H2,1-2H3,(H,10,11)(H,12,13). The summed E-state index contributed by atoms with van der Waals surface area (Å²) in [5, 5.41) is 8.72. The molecule has 0 saturated heterocycles. The Hall–Kier alpha value is -0.840.